The highest BCUT2D eigenvalue weighted by molar-refractivity contribution is 6.51. The lowest BCUT2D eigenvalue weighted by atomic mass is 9.94. The fourth-order valence-corrected chi connectivity index (χ4v) is 4.04. The highest BCUT2D eigenvalue weighted by Gasteiger charge is 2.47. The van der Waals surface area contributed by atoms with E-state index in [-0.39, 0.29) is 11.3 Å². The molecule has 0 spiro atoms. The number of aliphatic hydroxyl groups is 1. The molecule has 1 fully saturated rings. The summed E-state index contributed by atoms with van der Waals surface area (Å²) < 4.78 is 5.10. The molecule has 174 valence electrons. The van der Waals surface area contributed by atoms with E-state index < -0.39 is 23.7 Å². The average molecular weight is 466 g/mol. The maximum Gasteiger partial charge on any atom is 0.308 e. The lowest BCUT2D eigenvalue weighted by Crippen LogP contribution is -2.29. The Balaban J connectivity index is 1.90. The zero-order valence-corrected chi connectivity index (χ0v) is 19.4. The summed E-state index contributed by atoms with van der Waals surface area (Å²) in [7, 11) is 0. The fraction of sp³-hybridized carbons (Fsp3) is 0.143. The number of nitriles is 1. The van der Waals surface area contributed by atoms with Crippen LogP contribution in [0, 0.1) is 25.2 Å². The quantitative estimate of drug-likeness (QED) is 0.196. The summed E-state index contributed by atoms with van der Waals surface area (Å²) in [6.07, 6.45) is 0. The molecule has 3 aromatic carbocycles. The van der Waals surface area contributed by atoms with Crippen LogP contribution in [0.4, 0.5) is 5.69 Å². The Labute approximate surface area is 202 Å². The number of ether oxygens (including phenoxy) is 1. The predicted molar refractivity (Wildman–Crippen MR) is 130 cm³/mol. The van der Waals surface area contributed by atoms with Gasteiger partial charge in [-0.25, -0.2) is 0 Å². The lowest BCUT2D eigenvalue weighted by Gasteiger charge is -2.25. The Morgan fingerprint density at radius 1 is 0.971 bits per heavy atom. The number of anilines is 1. The molecule has 0 radical (unpaired) electrons. The normalized spacial score (nSPS) is 16.7. The molecular weight excluding hydrogens is 444 g/mol. The van der Waals surface area contributed by atoms with Crippen LogP contribution in [0.5, 0.6) is 5.75 Å². The molecule has 35 heavy (non-hydrogen) atoms. The van der Waals surface area contributed by atoms with Gasteiger partial charge in [0.25, 0.3) is 11.7 Å². The van der Waals surface area contributed by atoms with Gasteiger partial charge in [-0.05, 0) is 73.0 Å². The third-order valence-electron chi connectivity index (χ3n) is 5.96. The molecule has 1 atom stereocenters. The number of carbonyl (C=O) groups is 3. The molecule has 0 aliphatic carbocycles. The van der Waals surface area contributed by atoms with Gasteiger partial charge in [-0.3, -0.25) is 19.3 Å². The minimum Gasteiger partial charge on any atom is -0.507 e. The van der Waals surface area contributed by atoms with Crippen molar-refractivity contribution in [2.75, 3.05) is 4.90 Å². The second kappa shape index (κ2) is 9.27. The summed E-state index contributed by atoms with van der Waals surface area (Å²) in [5, 5.41) is 20.4. The van der Waals surface area contributed by atoms with Crippen LogP contribution in [0.25, 0.3) is 5.76 Å². The number of amides is 1. The molecule has 1 N–H and O–H groups in total. The molecule has 1 unspecified atom stereocenters. The molecule has 1 heterocycles. The Kier molecular flexibility index (Phi) is 6.22. The van der Waals surface area contributed by atoms with Gasteiger partial charge in [0.15, 0.2) is 0 Å². The van der Waals surface area contributed by atoms with Crippen molar-refractivity contribution in [3.63, 3.8) is 0 Å². The molecule has 3 aromatic rings. The first-order valence-electron chi connectivity index (χ1n) is 10.9. The van der Waals surface area contributed by atoms with Gasteiger partial charge in [0.05, 0.1) is 23.2 Å². The van der Waals surface area contributed by atoms with Gasteiger partial charge in [0.2, 0.25) is 0 Å². The van der Waals surface area contributed by atoms with Gasteiger partial charge < -0.3 is 9.84 Å². The molecule has 1 saturated heterocycles. The van der Waals surface area contributed by atoms with Crippen molar-refractivity contribution in [2.24, 2.45) is 0 Å². The van der Waals surface area contributed by atoms with Gasteiger partial charge in [-0.15, -0.1) is 0 Å². The molecule has 7 nitrogen and oxygen atoms in total. The molecule has 1 aliphatic heterocycles. The molecule has 0 aromatic heterocycles. The number of benzene rings is 3. The van der Waals surface area contributed by atoms with E-state index in [9.17, 15) is 19.5 Å². The zero-order valence-electron chi connectivity index (χ0n) is 19.4. The summed E-state index contributed by atoms with van der Waals surface area (Å²) in [5.41, 5.74) is 3.67. The first-order valence-corrected chi connectivity index (χ1v) is 10.9. The van der Waals surface area contributed by atoms with Crippen molar-refractivity contribution in [2.45, 2.75) is 26.8 Å². The smallest absolute Gasteiger partial charge is 0.308 e. The molecular formula is C28H22N2O5. The van der Waals surface area contributed by atoms with E-state index >= 15 is 0 Å². The second-order valence-electron chi connectivity index (χ2n) is 8.29. The van der Waals surface area contributed by atoms with Crippen LogP contribution >= 0.6 is 0 Å². The number of rotatable bonds is 4. The summed E-state index contributed by atoms with van der Waals surface area (Å²) in [6.45, 7) is 5.12. The number of aryl methyl sites for hydroxylation is 2. The molecule has 1 aliphatic rings. The molecule has 1 amide bonds. The minimum atomic E-state index is -0.934. The van der Waals surface area contributed by atoms with Crippen molar-refractivity contribution < 1.29 is 24.2 Å². The van der Waals surface area contributed by atoms with Gasteiger partial charge in [0.1, 0.15) is 11.5 Å². The van der Waals surface area contributed by atoms with E-state index in [1.165, 1.54) is 11.8 Å². The van der Waals surface area contributed by atoms with Gasteiger partial charge in [-0.2, -0.15) is 5.26 Å². The van der Waals surface area contributed by atoms with E-state index in [4.69, 9.17) is 10.00 Å². The maximum atomic E-state index is 13.2. The highest BCUT2D eigenvalue weighted by atomic mass is 16.5. The summed E-state index contributed by atoms with van der Waals surface area (Å²) in [5.74, 6) is -2.06. The van der Waals surface area contributed by atoms with Crippen LogP contribution < -0.4 is 9.64 Å². The Hall–Kier alpha value is -4.70. The molecule has 0 bridgehead atoms. The van der Waals surface area contributed by atoms with Crippen LogP contribution in [-0.4, -0.2) is 22.8 Å². The van der Waals surface area contributed by atoms with Crippen LogP contribution in [0.15, 0.2) is 72.3 Å². The third kappa shape index (κ3) is 4.42. The minimum absolute atomic E-state index is 0.0529. The standard InChI is InChI=1S/C28H22N2O5/c1-16-4-7-21(14-17(16)2)26(32)24-25(20-8-12-23(13-9-20)35-18(3)31)30(28(34)27(24)33)22-10-5-19(15-29)6-11-22/h4-14,25,32H,1-3H3/b26-24-. The average Bonchev–Trinajstić information content (AvgIpc) is 3.11. The monoisotopic (exact) mass is 466 g/mol. The van der Waals surface area contributed by atoms with Crippen molar-refractivity contribution in [3.05, 3.63) is 100 Å². The van der Waals surface area contributed by atoms with E-state index in [1.54, 1.807) is 60.7 Å². The van der Waals surface area contributed by atoms with Gasteiger partial charge in [-0.1, -0.05) is 24.3 Å². The second-order valence-corrected chi connectivity index (χ2v) is 8.29. The fourth-order valence-electron chi connectivity index (χ4n) is 4.04. The van der Waals surface area contributed by atoms with Crippen molar-refractivity contribution >= 4 is 29.1 Å². The maximum absolute atomic E-state index is 13.2. The number of Topliss-reactive ketones (excluding diaryl/α,β-unsaturated/α-hetero) is 1. The summed E-state index contributed by atoms with van der Waals surface area (Å²) in [4.78, 5) is 39.1. The van der Waals surface area contributed by atoms with Crippen molar-refractivity contribution in [1.29, 1.82) is 5.26 Å². The van der Waals surface area contributed by atoms with E-state index in [1.807, 2.05) is 26.0 Å². The Bertz CT molecular complexity index is 1410. The van der Waals surface area contributed by atoms with Crippen molar-refractivity contribution in [1.82, 2.24) is 0 Å². The number of aliphatic hydroxyl groups excluding tert-OH is 1. The number of hydrogen-bond acceptors (Lipinski definition) is 6. The Morgan fingerprint density at radius 2 is 1.63 bits per heavy atom. The van der Waals surface area contributed by atoms with Gasteiger partial charge >= 0.3 is 5.97 Å². The lowest BCUT2D eigenvalue weighted by molar-refractivity contribution is -0.132. The van der Waals surface area contributed by atoms with E-state index in [2.05, 4.69) is 0 Å². The number of hydrogen-bond donors (Lipinski definition) is 1. The van der Waals surface area contributed by atoms with Crippen molar-refractivity contribution in [3.8, 4) is 11.8 Å². The zero-order chi connectivity index (χ0) is 25.3. The van der Waals surface area contributed by atoms with Crippen LogP contribution in [-0.2, 0) is 14.4 Å². The van der Waals surface area contributed by atoms with Crippen LogP contribution in [0.1, 0.15) is 40.8 Å². The molecule has 4 rings (SSSR count). The number of carbonyl (C=O) groups excluding carboxylic acids is 3. The van der Waals surface area contributed by atoms with Crippen LogP contribution in [0.3, 0.4) is 0 Å². The van der Waals surface area contributed by atoms with E-state index in [0.29, 0.717) is 28.1 Å². The number of ketones is 1. The molecule has 7 heteroatoms. The van der Waals surface area contributed by atoms with Crippen LogP contribution in [0.2, 0.25) is 0 Å². The predicted octanol–water partition coefficient (Wildman–Crippen LogP) is 4.73. The van der Waals surface area contributed by atoms with E-state index in [0.717, 1.165) is 11.1 Å². The first kappa shape index (κ1) is 23.5. The SMILES string of the molecule is CC(=O)Oc1ccc(C2/C(=C(/O)c3ccc(C)c(C)c3)C(=O)C(=O)N2c2ccc(C#N)cc2)cc1. The summed E-state index contributed by atoms with van der Waals surface area (Å²) >= 11 is 0. The Morgan fingerprint density at radius 3 is 2.20 bits per heavy atom. The summed E-state index contributed by atoms with van der Waals surface area (Å²) in [6, 6.07) is 19.1. The third-order valence-corrected chi connectivity index (χ3v) is 5.96. The number of nitrogens with zero attached hydrogens (tertiary/aromatic N) is 2. The van der Waals surface area contributed by atoms with Gasteiger partial charge in [0, 0.05) is 18.2 Å². The largest absolute Gasteiger partial charge is 0.507 e. The topological polar surface area (TPSA) is 108 Å². The highest BCUT2D eigenvalue weighted by Crippen LogP contribution is 2.42. The molecule has 0 saturated carbocycles. The number of esters is 1. The first-order chi connectivity index (χ1) is 16.7.